The lowest BCUT2D eigenvalue weighted by atomic mass is 10.1. The maximum Gasteiger partial charge on any atom is 0.324 e. The molecule has 1 N–H and O–H groups in total. The van der Waals surface area contributed by atoms with Gasteiger partial charge in [0.25, 0.3) is 0 Å². The topological polar surface area (TPSA) is 60.9 Å². The lowest BCUT2D eigenvalue weighted by molar-refractivity contribution is -0.135. The predicted molar refractivity (Wildman–Crippen MR) is 83.9 cm³/mol. The van der Waals surface area contributed by atoms with Gasteiger partial charge in [-0.25, -0.2) is 4.79 Å². The molecule has 0 saturated carbocycles. The van der Waals surface area contributed by atoms with Crippen molar-refractivity contribution in [1.29, 1.82) is 0 Å². The van der Waals surface area contributed by atoms with Crippen molar-refractivity contribution in [2.24, 2.45) is 5.92 Å². The van der Waals surface area contributed by atoms with Gasteiger partial charge in [0.2, 0.25) is 0 Å². The Morgan fingerprint density at radius 3 is 2.29 bits per heavy atom. The molecule has 0 aliphatic heterocycles. The van der Waals surface area contributed by atoms with Crippen molar-refractivity contribution in [2.45, 2.75) is 20.3 Å². The van der Waals surface area contributed by atoms with Crippen LogP contribution in [0.4, 0.5) is 10.5 Å². The number of carbonyl (C=O) groups is 2. The van der Waals surface area contributed by atoms with Crippen LogP contribution in [-0.2, 0) is 4.79 Å². The third-order valence-corrected chi connectivity index (χ3v) is 3.28. The molecule has 116 valence electrons. The number of hydrogen-bond donors (Lipinski definition) is 1. The van der Waals surface area contributed by atoms with E-state index in [9.17, 15) is 9.59 Å². The average molecular weight is 313 g/mol. The van der Waals surface area contributed by atoms with Crippen LogP contribution in [0.3, 0.4) is 0 Å². The van der Waals surface area contributed by atoms with Crippen LogP contribution in [0, 0.1) is 5.92 Å². The van der Waals surface area contributed by atoms with Gasteiger partial charge in [-0.2, -0.15) is 0 Å². The lowest BCUT2D eigenvalue weighted by Crippen LogP contribution is -2.44. The van der Waals surface area contributed by atoms with E-state index >= 15 is 0 Å². The fourth-order valence-corrected chi connectivity index (χ4v) is 1.91. The van der Waals surface area contributed by atoms with E-state index in [0.717, 1.165) is 6.42 Å². The second kappa shape index (κ2) is 7.88. The Bertz CT molecular complexity index is 488. The van der Waals surface area contributed by atoms with Crippen molar-refractivity contribution in [3.63, 3.8) is 0 Å². The molecule has 0 radical (unpaired) electrons. The van der Waals surface area contributed by atoms with E-state index in [-0.39, 0.29) is 12.6 Å². The van der Waals surface area contributed by atoms with E-state index in [0.29, 0.717) is 23.2 Å². The van der Waals surface area contributed by atoms with Gasteiger partial charge in [-0.3, -0.25) is 9.69 Å². The van der Waals surface area contributed by atoms with Gasteiger partial charge in [-0.05, 0) is 36.6 Å². The molecule has 0 unspecified atom stereocenters. The molecule has 0 heterocycles. The molecule has 5 nitrogen and oxygen atoms in total. The Kier molecular flexibility index (Phi) is 6.49. The average Bonchev–Trinajstić information content (AvgIpc) is 2.42. The van der Waals surface area contributed by atoms with Gasteiger partial charge in [-0.1, -0.05) is 25.4 Å². The zero-order valence-corrected chi connectivity index (χ0v) is 13.3. The first kappa shape index (κ1) is 17.3. The number of carboxylic acids is 1. The van der Waals surface area contributed by atoms with E-state index < -0.39 is 5.97 Å². The van der Waals surface area contributed by atoms with Gasteiger partial charge >= 0.3 is 12.0 Å². The number of nitrogens with zero attached hydrogens (tertiary/aromatic N) is 2. The van der Waals surface area contributed by atoms with Crippen LogP contribution in [0.15, 0.2) is 24.3 Å². The van der Waals surface area contributed by atoms with Crippen molar-refractivity contribution in [3.8, 4) is 0 Å². The predicted octanol–water partition coefficient (Wildman–Crippen LogP) is 3.33. The first-order valence-corrected chi connectivity index (χ1v) is 7.19. The molecule has 1 aromatic rings. The minimum Gasteiger partial charge on any atom is -0.480 e. The quantitative estimate of drug-likeness (QED) is 0.876. The lowest BCUT2D eigenvalue weighted by Gasteiger charge is -2.27. The number of halogens is 1. The molecular weight excluding hydrogens is 292 g/mol. The SMILES string of the molecule is CC(C)CCN(C)C(=O)N(CC(=O)O)c1ccc(Cl)cc1. The number of amides is 2. The molecule has 1 rings (SSSR count). The first-order valence-electron chi connectivity index (χ1n) is 6.81. The zero-order chi connectivity index (χ0) is 16.0. The largest absolute Gasteiger partial charge is 0.480 e. The van der Waals surface area contributed by atoms with Crippen LogP contribution in [0.25, 0.3) is 0 Å². The molecule has 1 aromatic carbocycles. The molecule has 0 bridgehead atoms. The van der Waals surface area contributed by atoms with Crippen molar-refractivity contribution >= 4 is 29.3 Å². The Balaban J connectivity index is 2.88. The summed E-state index contributed by atoms with van der Waals surface area (Å²) in [4.78, 5) is 26.2. The van der Waals surface area contributed by atoms with Crippen LogP contribution in [-0.4, -0.2) is 42.1 Å². The smallest absolute Gasteiger partial charge is 0.324 e. The van der Waals surface area contributed by atoms with E-state index in [1.807, 2.05) is 0 Å². The summed E-state index contributed by atoms with van der Waals surface area (Å²) in [5, 5.41) is 9.55. The molecule has 2 amide bonds. The van der Waals surface area contributed by atoms with Gasteiger partial charge in [0.05, 0.1) is 0 Å². The summed E-state index contributed by atoms with van der Waals surface area (Å²) in [6, 6.07) is 6.21. The van der Waals surface area contributed by atoms with Crippen molar-refractivity contribution in [2.75, 3.05) is 25.0 Å². The summed E-state index contributed by atoms with van der Waals surface area (Å²) >= 11 is 5.82. The van der Waals surface area contributed by atoms with E-state index in [4.69, 9.17) is 16.7 Å². The van der Waals surface area contributed by atoms with Gasteiger partial charge in [0.1, 0.15) is 6.54 Å². The van der Waals surface area contributed by atoms with E-state index in [1.54, 1.807) is 31.3 Å². The summed E-state index contributed by atoms with van der Waals surface area (Å²) in [6.07, 6.45) is 0.865. The highest BCUT2D eigenvalue weighted by atomic mass is 35.5. The highest BCUT2D eigenvalue weighted by molar-refractivity contribution is 6.30. The minimum atomic E-state index is -1.06. The Hall–Kier alpha value is -1.75. The Morgan fingerprint density at radius 1 is 1.24 bits per heavy atom. The van der Waals surface area contributed by atoms with Crippen LogP contribution in [0.1, 0.15) is 20.3 Å². The second-order valence-corrected chi connectivity index (χ2v) is 5.78. The number of benzene rings is 1. The summed E-state index contributed by atoms with van der Waals surface area (Å²) in [5.41, 5.74) is 0.517. The normalized spacial score (nSPS) is 10.5. The van der Waals surface area contributed by atoms with Crippen LogP contribution in [0.2, 0.25) is 5.02 Å². The summed E-state index contributed by atoms with van der Waals surface area (Å²) in [5.74, 6) is -0.584. The van der Waals surface area contributed by atoms with Crippen molar-refractivity contribution in [3.05, 3.63) is 29.3 Å². The summed E-state index contributed by atoms with van der Waals surface area (Å²) < 4.78 is 0. The second-order valence-electron chi connectivity index (χ2n) is 5.34. The molecule has 21 heavy (non-hydrogen) atoms. The number of rotatable bonds is 6. The number of anilines is 1. The Morgan fingerprint density at radius 2 is 1.81 bits per heavy atom. The molecule has 0 fully saturated rings. The third-order valence-electron chi connectivity index (χ3n) is 3.03. The molecule has 0 saturated heterocycles. The molecule has 0 aliphatic carbocycles. The maximum atomic E-state index is 12.4. The number of aliphatic carboxylic acids is 1. The molecule has 0 spiro atoms. The number of carboxylic acid groups (broad SMARTS) is 1. The first-order chi connectivity index (χ1) is 9.81. The van der Waals surface area contributed by atoms with Crippen molar-refractivity contribution in [1.82, 2.24) is 4.90 Å². The van der Waals surface area contributed by atoms with Crippen molar-refractivity contribution < 1.29 is 14.7 Å². The van der Waals surface area contributed by atoms with Crippen LogP contribution >= 0.6 is 11.6 Å². The molecule has 0 aliphatic rings. The summed E-state index contributed by atoms with van der Waals surface area (Å²) in [6.45, 7) is 4.35. The van der Waals surface area contributed by atoms with Gasteiger partial charge in [0, 0.05) is 24.3 Å². The number of carbonyl (C=O) groups excluding carboxylic acids is 1. The monoisotopic (exact) mass is 312 g/mol. The van der Waals surface area contributed by atoms with Gasteiger partial charge in [-0.15, -0.1) is 0 Å². The summed E-state index contributed by atoms with van der Waals surface area (Å²) in [7, 11) is 1.68. The Labute approximate surface area is 130 Å². The van der Waals surface area contributed by atoms with Gasteiger partial charge in [0.15, 0.2) is 0 Å². The fourth-order valence-electron chi connectivity index (χ4n) is 1.78. The minimum absolute atomic E-state index is 0.333. The highest BCUT2D eigenvalue weighted by Crippen LogP contribution is 2.19. The van der Waals surface area contributed by atoms with Crippen LogP contribution < -0.4 is 4.90 Å². The highest BCUT2D eigenvalue weighted by Gasteiger charge is 2.22. The number of hydrogen-bond acceptors (Lipinski definition) is 2. The fraction of sp³-hybridized carbons (Fsp3) is 0.467. The molecule has 0 aromatic heterocycles. The molecular formula is C15H21ClN2O3. The van der Waals surface area contributed by atoms with Crippen LogP contribution in [0.5, 0.6) is 0 Å². The third kappa shape index (κ3) is 5.63. The van der Waals surface area contributed by atoms with E-state index in [1.165, 1.54) is 9.80 Å². The van der Waals surface area contributed by atoms with E-state index in [2.05, 4.69) is 13.8 Å². The van der Waals surface area contributed by atoms with Gasteiger partial charge < -0.3 is 10.0 Å². The number of urea groups is 1. The molecule has 0 atom stereocenters. The zero-order valence-electron chi connectivity index (χ0n) is 12.5. The standard InChI is InChI=1S/C15H21ClN2O3/c1-11(2)8-9-17(3)15(21)18(10-14(19)20)13-6-4-12(16)5-7-13/h4-7,11H,8-10H2,1-3H3,(H,19,20). The molecule has 6 heteroatoms. The maximum absolute atomic E-state index is 12.4.